The fourth-order valence-electron chi connectivity index (χ4n) is 3.58. The van der Waals surface area contributed by atoms with E-state index in [1.54, 1.807) is 28.6 Å². The van der Waals surface area contributed by atoms with Gasteiger partial charge >= 0.3 is 0 Å². The summed E-state index contributed by atoms with van der Waals surface area (Å²) in [5.41, 5.74) is 2.80. The van der Waals surface area contributed by atoms with Crippen LogP contribution in [-0.2, 0) is 14.8 Å². The van der Waals surface area contributed by atoms with Gasteiger partial charge in [0.15, 0.2) is 0 Å². The molecule has 0 saturated carbocycles. The fourth-order valence-corrected chi connectivity index (χ4v) is 5.26. The summed E-state index contributed by atoms with van der Waals surface area (Å²) in [6, 6.07) is 14.4. The number of nitrogens with one attached hydrogen (secondary N) is 1. The number of benzene rings is 2. The van der Waals surface area contributed by atoms with E-state index in [1.165, 1.54) is 0 Å². The highest BCUT2D eigenvalue weighted by molar-refractivity contribution is 7.89. The smallest absolute Gasteiger partial charge is 0.243 e. The molecule has 0 radical (unpaired) electrons. The molecular weight excluding hydrogens is 372 g/mol. The van der Waals surface area contributed by atoms with E-state index >= 15 is 0 Å². The number of anilines is 1. The second-order valence-electron chi connectivity index (χ2n) is 7.85. The first-order chi connectivity index (χ1) is 13.3. The number of hydrogen-bond acceptors (Lipinski definition) is 3. The number of nitrogens with zero attached hydrogens (tertiary/aromatic N) is 1. The van der Waals surface area contributed by atoms with E-state index in [2.05, 4.69) is 5.32 Å². The van der Waals surface area contributed by atoms with Crippen LogP contribution in [0.5, 0.6) is 0 Å². The SMILES string of the molecule is Cc1ccc([C@H]2CCCN2S(=O)(=O)c2ccc(NC(=O)CC(C)C)cc2)cc1. The number of amides is 1. The highest BCUT2D eigenvalue weighted by Gasteiger charge is 2.36. The second kappa shape index (κ2) is 8.45. The average Bonchev–Trinajstić information content (AvgIpc) is 3.12. The number of aryl methyl sites for hydroxylation is 1. The lowest BCUT2D eigenvalue weighted by atomic mass is 10.0. The Morgan fingerprint density at radius 2 is 1.75 bits per heavy atom. The van der Waals surface area contributed by atoms with Gasteiger partial charge in [0.1, 0.15) is 0 Å². The lowest BCUT2D eigenvalue weighted by molar-refractivity contribution is -0.116. The van der Waals surface area contributed by atoms with Gasteiger partial charge in [0.05, 0.1) is 10.9 Å². The standard InChI is InChI=1S/C22H28N2O3S/c1-16(2)15-22(25)23-19-10-12-20(13-11-19)28(26,27)24-14-4-5-21(24)18-8-6-17(3)7-9-18/h6-13,16,21H,4-5,14-15H2,1-3H3,(H,23,25)/t21-/m1/s1. The minimum absolute atomic E-state index is 0.0652. The van der Waals surface area contributed by atoms with Gasteiger partial charge in [-0.3, -0.25) is 4.79 Å². The zero-order valence-electron chi connectivity index (χ0n) is 16.7. The van der Waals surface area contributed by atoms with Crippen LogP contribution in [0.3, 0.4) is 0 Å². The van der Waals surface area contributed by atoms with Crippen molar-refractivity contribution in [2.75, 3.05) is 11.9 Å². The van der Waals surface area contributed by atoms with Gasteiger partial charge in [-0.25, -0.2) is 8.42 Å². The number of carbonyl (C=O) groups is 1. The molecule has 3 rings (SSSR count). The van der Waals surface area contributed by atoms with Crippen LogP contribution in [0.4, 0.5) is 5.69 Å². The van der Waals surface area contributed by atoms with E-state index in [-0.39, 0.29) is 22.8 Å². The Morgan fingerprint density at radius 1 is 1.11 bits per heavy atom. The van der Waals surface area contributed by atoms with Crippen molar-refractivity contribution in [1.29, 1.82) is 0 Å². The Morgan fingerprint density at radius 3 is 2.36 bits per heavy atom. The summed E-state index contributed by atoms with van der Waals surface area (Å²) in [6.45, 7) is 6.51. The summed E-state index contributed by atoms with van der Waals surface area (Å²) in [5, 5.41) is 2.81. The Balaban J connectivity index is 1.78. The highest BCUT2D eigenvalue weighted by atomic mass is 32.2. The Bertz CT molecular complexity index is 919. The quantitative estimate of drug-likeness (QED) is 0.776. The minimum Gasteiger partial charge on any atom is -0.326 e. The Hall–Kier alpha value is -2.18. The number of sulfonamides is 1. The van der Waals surface area contributed by atoms with Crippen molar-refractivity contribution >= 4 is 21.6 Å². The van der Waals surface area contributed by atoms with Crippen LogP contribution < -0.4 is 5.32 Å². The van der Waals surface area contributed by atoms with Gasteiger partial charge in [-0.2, -0.15) is 4.31 Å². The molecule has 1 aliphatic rings. The molecule has 0 aliphatic carbocycles. The predicted octanol–water partition coefficient (Wildman–Crippen LogP) is 4.51. The van der Waals surface area contributed by atoms with E-state index in [4.69, 9.17) is 0 Å². The van der Waals surface area contributed by atoms with Gasteiger partial charge in [-0.1, -0.05) is 43.7 Å². The summed E-state index contributed by atoms with van der Waals surface area (Å²) < 4.78 is 28.0. The largest absolute Gasteiger partial charge is 0.326 e. The molecule has 28 heavy (non-hydrogen) atoms. The normalized spacial score (nSPS) is 17.8. The highest BCUT2D eigenvalue weighted by Crippen LogP contribution is 2.36. The zero-order valence-corrected chi connectivity index (χ0v) is 17.5. The maximum atomic E-state index is 13.2. The minimum atomic E-state index is -3.59. The van der Waals surface area contributed by atoms with Crippen LogP contribution in [0.1, 0.15) is 50.3 Å². The maximum Gasteiger partial charge on any atom is 0.243 e. The molecule has 0 bridgehead atoms. The fraction of sp³-hybridized carbons (Fsp3) is 0.409. The Kier molecular flexibility index (Phi) is 6.20. The molecule has 1 saturated heterocycles. The van der Waals surface area contributed by atoms with Gasteiger partial charge in [0, 0.05) is 18.7 Å². The van der Waals surface area contributed by atoms with E-state index in [0.29, 0.717) is 18.7 Å². The first-order valence-corrected chi connectivity index (χ1v) is 11.2. The van der Waals surface area contributed by atoms with Gasteiger partial charge < -0.3 is 5.32 Å². The molecule has 150 valence electrons. The molecule has 5 nitrogen and oxygen atoms in total. The molecule has 2 aromatic rings. The van der Waals surface area contributed by atoms with Crippen molar-refractivity contribution in [3.8, 4) is 0 Å². The van der Waals surface area contributed by atoms with E-state index in [0.717, 1.165) is 24.0 Å². The number of rotatable bonds is 6. The third kappa shape index (κ3) is 4.62. The van der Waals surface area contributed by atoms with Crippen LogP contribution in [-0.4, -0.2) is 25.2 Å². The molecule has 1 N–H and O–H groups in total. The molecule has 1 heterocycles. The van der Waals surface area contributed by atoms with Gasteiger partial charge in [0.25, 0.3) is 0 Å². The molecular formula is C22H28N2O3S. The van der Waals surface area contributed by atoms with Crippen molar-refractivity contribution in [2.24, 2.45) is 5.92 Å². The summed E-state index contributed by atoms with van der Waals surface area (Å²) in [4.78, 5) is 12.2. The zero-order chi connectivity index (χ0) is 20.3. The molecule has 0 unspecified atom stereocenters. The van der Waals surface area contributed by atoms with Crippen LogP contribution >= 0.6 is 0 Å². The summed E-state index contributed by atoms with van der Waals surface area (Å²) >= 11 is 0. The van der Waals surface area contributed by atoms with Gasteiger partial charge in [-0.05, 0) is 55.5 Å². The van der Waals surface area contributed by atoms with Crippen LogP contribution in [0.15, 0.2) is 53.4 Å². The summed E-state index contributed by atoms with van der Waals surface area (Å²) in [5.74, 6) is 0.207. The van der Waals surface area contributed by atoms with Crippen molar-refractivity contribution in [3.63, 3.8) is 0 Å². The lowest BCUT2D eigenvalue weighted by Crippen LogP contribution is -2.30. The second-order valence-corrected chi connectivity index (χ2v) is 9.75. The topological polar surface area (TPSA) is 66.5 Å². The van der Waals surface area contributed by atoms with E-state index < -0.39 is 10.0 Å². The van der Waals surface area contributed by atoms with Crippen molar-refractivity contribution < 1.29 is 13.2 Å². The summed E-state index contributed by atoms with van der Waals surface area (Å²) in [6.07, 6.45) is 2.11. The average molecular weight is 401 g/mol. The molecule has 0 aromatic heterocycles. The van der Waals surface area contributed by atoms with Crippen molar-refractivity contribution in [2.45, 2.75) is 51.0 Å². The molecule has 1 fully saturated rings. The van der Waals surface area contributed by atoms with Crippen molar-refractivity contribution in [3.05, 3.63) is 59.7 Å². The summed E-state index contributed by atoms with van der Waals surface area (Å²) in [7, 11) is -3.59. The van der Waals surface area contributed by atoms with E-state index in [9.17, 15) is 13.2 Å². The third-order valence-corrected chi connectivity index (χ3v) is 6.93. The maximum absolute atomic E-state index is 13.2. The first-order valence-electron chi connectivity index (χ1n) is 9.75. The molecule has 1 amide bonds. The van der Waals surface area contributed by atoms with E-state index in [1.807, 2.05) is 45.0 Å². The van der Waals surface area contributed by atoms with Crippen molar-refractivity contribution in [1.82, 2.24) is 4.31 Å². The molecule has 1 atom stereocenters. The van der Waals surface area contributed by atoms with Crippen LogP contribution in [0, 0.1) is 12.8 Å². The third-order valence-electron chi connectivity index (χ3n) is 5.00. The lowest BCUT2D eigenvalue weighted by Gasteiger charge is -2.24. The number of hydrogen-bond donors (Lipinski definition) is 1. The molecule has 2 aromatic carbocycles. The van der Waals surface area contributed by atoms with Crippen LogP contribution in [0.2, 0.25) is 0 Å². The van der Waals surface area contributed by atoms with Crippen LogP contribution in [0.25, 0.3) is 0 Å². The van der Waals surface area contributed by atoms with Gasteiger partial charge in [-0.15, -0.1) is 0 Å². The number of carbonyl (C=O) groups excluding carboxylic acids is 1. The van der Waals surface area contributed by atoms with Gasteiger partial charge in [0.2, 0.25) is 15.9 Å². The predicted molar refractivity (Wildman–Crippen MR) is 112 cm³/mol. The molecule has 0 spiro atoms. The first kappa shape index (κ1) is 20.6. The molecule has 6 heteroatoms. The molecule has 1 aliphatic heterocycles. The monoisotopic (exact) mass is 400 g/mol. The Labute approximate surface area is 167 Å².